The summed E-state index contributed by atoms with van der Waals surface area (Å²) in [5, 5.41) is 2.56. The van der Waals surface area contributed by atoms with Crippen LogP contribution in [0, 0.1) is 0 Å². The van der Waals surface area contributed by atoms with Crippen LogP contribution in [-0.4, -0.2) is 24.9 Å². The summed E-state index contributed by atoms with van der Waals surface area (Å²) >= 11 is 0. The first kappa shape index (κ1) is 13.2. The number of hydrogen-bond acceptors (Lipinski definition) is 3. The van der Waals surface area contributed by atoms with Crippen molar-refractivity contribution in [2.75, 3.05) is 7.05 Å². The Kier molecular flexibility index (Phi) is 5.16. The fourth-order valence-electron chi connectivity index (χ4n) is 1.42. The minimum atomic E-state index is -0.480. The molecule has 0 aliphatic carbocycles. The smallest absolute Gasteiger partial charge is 0.239 e. The minimum Gasteiger partial charge on any atom is -0.358 e. The van der Waals surface area contributed by atoms with Gasteiger partial charge in [-0.15, -0.1) is 0 Å². The molecular weight excluding hydrogens is 218 g/mol. The number of nitrogens with one attached hydrogen (secondary N) is 3. The predicted octanol–water partition coefficient (Wildman–Crippen LogP) is -0.0156. The molecular formula is C12H17N3O2. The molecule has 3 N–H and O–H groups in total. The van der Waals surface area contributed by atoms with Crippen LogP contribution in [0.1, 0.15) is 12.5 Å². The molecule has 0 saturated heterocycles. The maximum atomic E-state index is 11.6. The number of carbonyl (C=O) groups excluding carboxylic acids is 2. The highest BCUT2D eigenvalue weighted by Crippen LogP contribution is 2.02. The third kappa shape index (κ3) is 4.65. The standard InChI is InChI=1S/C12H17N3O2/c1-9(16)14-15-11(12(17)13-2)8-10-6-4-3-5-7-10/h3-7,11,15H,8H2,1-2H3,(H,13,17)(H,14,16)/t11-/m0/s1. The van der Waals surface area contributed by atoms with Gasteiger partial charge in [0.1, 0.15) is 6.04 Å². The fourth-order valence-corrected chi connectivity index (χ4v) is 1.42. The van der Waals surface area contributed by atoms with Gasteiger partial charge in [-0.1, -0.05) is 30.3 Å². The highest BCUT2D eigenvalue weighted by molar-refractivity contribution is 5.82. The first-order valence-corrected chi connectivity index (χ1v) is 5.41. The Hall–Kier alpha value is -1.88. The van der Waals surface area contributed by atoms with Crippen LogP contribution < -0.4 is 16.2 Å². The van der Waals surface area contributed by atoms with Crippen LogP contribution >= 0.6 is 0 Å². The molecule has 1 aromatic carbocycles. The van der Waals surface area contributed by atoms with E-state index in [-0.39, 0.29) is 11.8 Å². The number of hydrazine groups is 1. The molecule has 17 heavy (non-hydrogen) atoms. The van der Waals surface area contributed by atoms with E-state index in [0.29, 0.717) is 6.42 Å². The highest BCUT2D eigenvalue weighted by atomic mass is 16.2. The van der Waals surface area contributed by atoms with Gasteiger partial charge in [0.2, 0.25) is 11.8 Å². The maximum absolute atomic E-state index is 11.6. The molecule has 0 unspecified atom stereocenters. The highest BCUT2D eigenvalue weighted by Gasteiger charge is 2.17. The lowest BCUT2D eigenvalue weighted by Gasteiger charge is -2.17. The van der Waals surface area contributed by atoms with Gasteiger partial charge in [-0.25, -0.2) is 5.43 Å². The Morgan fingerprint density at radius 2 is 1.88 bits per heavy atom. The number of amides is 2. The zero-order chi connectivity index (χ0) is 12.7. The molecule has 0 aliphatic heterocycles. The molecule has 1 aromatic rings. The van der Waals surface area contributed by atoms with Crippen molar-refractivity contribution in [1.82, 2.24) is 16.2 Å². The molecule has 0 radical (unpaired) electrons. The normalized spacial score (nSPS) is 11.6. The topological polar surface area (TPSA) is 70.2 Å². The second kappa shape index (κ2) is 6.65. The van der Waals surface area contributed by atoms with Crippen molar-refractivity contribution in [3.8, 4) is 0 Å². The number of likely N-dealkylation sites (N-methyl/N-ethyl adjacent to an activating group) is 1. The quantitative estimate of drug-likeness (QED) is 0.628. The molecule has 0 aliphatic rings. The van der Waals surface area contributed by atoms with Gasteiger partial charge in [0.25, 0.3) is 0 Å². The van der Waals surface area contributed by atoms with Crippen molar-refractivity contribution in [2.45, 2.75) is 19.4 Å². The van der Waals surface area contributed by atoms with E-state index in [1.54, 1.807) is 7.05 Å². The summed E-state index contributed by atoms with van der Waals surface area (Å²) in [4.78, 5) is 22.4. The molecule has 0 fully saturated rings. The van der Waals surface area contributed by atoms with Crippen molar-refractivity contribution >= 4 is 11.8 Å². The van der Waals surface area contributed by atoms with E-state index in [1.807, 2.05) is 30.3 Å². The third-order valence-electron chi connectivity index (χ3n) is 2.27. The first-order valence-electron chi connectivity index (χ1n) is 5.41. The van der Waals surface area contributed by atoms with E-state index in [9.17, 15) is 9.59 Å². The van der Waals surface area contributed by atoms with Crippen LogP contribution in [0.2, 0.25) is 0 Å². The van der Waals surface area contributed by atoms with Crippen molar-refractivity contribution in [1.29, 1.82) is 0 Å². The van der Waals surface area contributed by atoms with Crippen molar-refractivity contribution in [3.63, 3.8) is 0 Å². The molecule has 1 rings (SSSR count). The predicted molar refractivity (Wildman–Crippen MR) is 65.0 cm³/mol. The third-order valence-corrected chi connectivity index (χ3v) is 2.27. The number of hydrogen-bond donors (Lipinski definition) is 3. The summed E-state index contributed by atoms with van der Waals surface area (Å²) in [6.45, 7) is 1.39. The van der Waals surface area contributed by atoms with Gasteiger partial charge in [0, 0.05) is 14.0 Å². The lowest BCUT2D eigenvalue weighted by Crippen LogP contribution is -2.51. The zero-order valence-corrected chi connectivity index (χ0v) is 9.99. The van der Waals surface area contributed by atoms with Crippen molar-refractivity contribution in [2.24, 2.45) is 0 Å². The Labute approximate surface area is 101 Å². The van der Waals surface area contributed by atoms with Gasteiger partial charge in [-0.05, 0) is 12.0 Å². The molecule has 0 saturated carbocycles. The molecule has 0 bridgehead atoms. The second-order valence-electron chi connectivity index (χ2n) is 3.68. The Morgan fingerprint density at radius 1 is 1.24 bits per heavy atom. The molecule has 5 nitrogen and oxygen atoms in total. The van der Waals surface area contributed by atoms with Gasteiger partial charge in [0.15, 0.2) is 0 Å². The fraction of sp³-hybridized carbons (Fsp3) is 0.333. The van der Waals surface area contributed by atoms with E-state index in [2.05, 4.69) is 16.2 Å². The van der Waals surface area contributed by atoms with E-state index < -0.39 is 6.04 Å². The molecule has 92 valence electrons. The Bertz CT molecular complexity index is 379. The van der Waals surface area contributed by atoms with E-state index in [4.69, 9.17) is 0 Å². The second-order valence-corrected chi connectivity index (χ2v) is 3.68. The summed E-state index contributed by atoms with van der Waals surface area (Å²) in [6, 6.07) is 9.13. The van der Waals surface area contributed by atoms with Gasteiger partial charge < -0.3 is 5.32 Å². The molecule has 1 atom stereocenters. The molecule has 2 amide bonds. The number of carbonyl (C=O) groups is 2. The van der Waals surface area contributed by atoms with Crippen LogP contribution in [0.4, 0.5) is 0 Å². The molecule has 0 heterocycles. The van der Waals surface area contributed by atoms with Crippen LogP contribution in [0.15, 0.2) is 30.3 Å². The van der Waals surface area contributed by atoms with Crippen LogP contribution in [0.25, 0.3) is 0 Å². The average Bonchev–Trinajstić information content (AvgIpc) is 2.34. The van der Waals surface area contributed by atoms with Crippen LogP contribution in [0.5, 0.6) is 0 Å². The lowest BCUT2D eigenvalue weighted by atomic mass is 10.1. The van der Waals surface area contributed by atoms with Crippen molar-refractivity contribution < 1.29 is 9.59 Å². The van der Waals surface area contributed by atoms with E-state index in [1.165, 1.54) is 6.92 Å². The van der Waals surface area contributed by atoms with Crippen LogP contribution in [-0.2, 0) is 16.0 Å². The molecule has 5 heteroatoms. The lowest BCUT2D eigenvalue weighted by molar-refractivity contribution is -0.124. The summed E-state index contributed by atoms with van der Waals surface area (Å²) in [5.41, 5.74) is 6.16. The first-order chi connectivity index (χ1) is 8.13. The van der Waals surface area contributed by atoms with Gasteiger partial charge in [-0.2, -0.15) is 0 Å². The summed E-state index contributed by atoms with van der Waals surface area (Å²) in [7, 11) is 1.57. The van der Waals surface area contributed by atoms with E-state index in [0.717, 1.165) is 5.56 Å². The van der Waals surface area contributed by atoms with Crippen molar-refractivity contribution in [3.05, 3.63) is 35.9 Å². The Morgan fingerprint density at radius 3 is 2.41 bits per heavy atom. The monoisotopic (exact) mass is 235 g/mol. The SMILES string of the molecule is CNC(=O)[C@H](Cc1ccccc1)NNC(C)=O. The van der Waals surface area contributed by atoms with E-state index >= 15 is 0 Å². The summed E-state index contributed by atoms with van der Waals surface area (Å²) < 4.78 is 0. The summed E-state index contributed by atoms with van der Waals surface area (Å²) in [5.74, 6) is -0.394. The number of benzene rings is 1. The van der Waals surface area contributed by atoms with Gasteiger partial charge in [0.05, 0.1) is 0 Å². The minimum absolute atomic E-state index is 0.164. The Balaban J connectivity index is 2.63. The summed E-state index contributed by atoms with van der Waals surface area (Å²) in [6.07, 6.45) is 0.515. The van der Waals surface area contributed by atoms with Gasteiger partial charge >= 0.3 is 0 Å². The largest absolute Gasteiger partial charge is 0.358 e. The molecule has 0 aromatic heterocycles. The number of rotatable bonds is 5. The van der Waals surface area contributed by atoms with Crippen LogP contribution in [0.3, 0.4) is 0 Å². The zero-order valence-electron chi connectivity index (χ0n) is 9.99. The average molecular weight is 235 g/mol. The maximum Gasteiger partial charge on any atom is 0.239 e. The van der Waals surface area contributed by atoms with Gasteiger partial charge in [-0.3, -0.25) is 15.0 Å². The molecule has 0 spiro atoms.